The van der Waals surface area contributed by atoms with Gasteiger partial charge in [0.05, 0.1) is 19.0 Å². The van der Waals surface area contributed by atoms with Crippen LogP contribution in [0.2, 0.25) is 0 Å². The lowest BCUT2D eigenvalue weighted by atomic mass is 10.1. The number of hydrogen-bond donors (Lipinski definition) is 2. The Labute approximate surface area is 131 Å². The van der Waals surface area contributed by atoms with Gasteiger partial charge in [0.15, 0.2) is 0 Å². The number of nitrogens with two attached hydrogens (primary N) is 1. The second-order valence-electron chi connectivity index (χ2n) is 4.44. The number of nitrogen functional groups attached to an aromatic ring is 1. The van der Waals surface area contributed by atoms with E-state index in [2.05, 4.69) is 33.2 Å². The quantitative estimate of drug-likeness (QED) is 0.825. The molecule has 5 nitrogen and oxygen atoms in total. The van der Waals surface area contributed by atoms with Crippen molar-refractivity contribution in [3.05, 3.63) is 46.1 Å². The average Bonchev–Trinajstić information content (AvgIpc) is 2.49. The molecule has 0 atom stereocenters. The van der Waals surface area contributed by atoms with Crippen LogP contribution >= 0.6 is 15.9 Å². The van der Waals surface area contributed by atoms with Gasteiger partial charge in [-0.1, -0.05) is 22.9 Å². The molecule has 6 heteroatoms. The smallest absolute Gasteiger partial charge is 0.341 e. The van der Waals surface area contributed by atoms with Crippen LogP contribution in [0.1, 0.15) is 22.8 Å². The Morgan fingerprint density at radius 2 is 2.19 bits per heavy atom. The van der Waals surface area contributed by atoms with Gasteiger partial charge in [0, 0.05) is 10.2 Å². The second kappa shape index (κ2) is 6.58. The van der Waals surface area contributed by atoms with Crippen molar-refractivity contribution in [1.29, 1.82) is 0 Å². The highest BCUT2D eigenvalue weighted by Crippen LogP contribution is 2.26. The highest BCUT2D eigenvalue weighted by molar-refractivity contribution is 9.10. The van der Waals surface area contributed by atoms with E-state index in [-0.39, 0.29) is 0 Å². The van der Waals surface area contributed by atoms with E-state index in [0.29, 0.717) is 17.1 Å². The monoisotopic (exact) mass is 349 g/mol. The number of anilines is 3. The van der Waals surface area contributed by atoms with Gasteiger partial charge >= 0.3 is 5.97 Å². The molecule has 0 spiro atoms. The second-order valence-corrected chi connectivity index (χ2v) is 5.35. The van der Waals surface area contributed by atoms with Crippen molar-refractivity contribution in [3.8, 4) is 0 Å². The van der Waals surface area contributed by atoms with E-state index < -0.39 is 5.97 Å². The van der Waals surface area contributed by atoms with Crippen molar-refractivity contribution in [2.75, 3.05) is 18.2 Å². The molecule has 0 unspecified atom stereocenters. The number of carbonyl (C=O) groups is 1. The first kappa shape index (κ1) is 15.3. The largest absolute Gasteiger partial charge is 0.465 e. The van der Waals surface area contributed by atoms with Crippen molar-refractivity contribution in [2.24, 2.45) is 0 Å². The van der Waals surface area contributed by atoms with Crippen LogP contribution in [0.15, 0.2) is 34.9 Å². The van der Waals surface area contributed by atoms with Crippen LogP contribution in [0.4, 0.5) is 17.2 Å². The number of hydrogen-bond acceptors (Lipinski definition) is 5. The van der Waals surface area contributed by atoms with Gasteiger partial charge in [-0.15, -0.1) is 0 Å². The number of ether oxygens (including phenoxy) is 1. The molecular weight excluding hydrogens is 334 g/mol. The first-order valence-corrected chi connectivity index (χ1v) is 7.23. The molecule has 0 saturated carbocycles. The zero-order valence-corrected chi connectivity index (χ0v) is 13.4. The third-order valence-electron chi connectivity index (χ3n) is 3.02. The highest BCUT2D eigenvalue weighted by Gasteiger charge is 2.15. The zero-order valence-electron chi connectivity index (χ0n) is 11.8. The summed E-state index contributed by atoms with van der Waals surface area (Å²) in [7, 11) is 1.33. The summed E-state index contributed by atoms with van der Waals surface area (Å²) >= 11 is 3.45. The summed E-state index contributed by atoms with van der Waals surface area (Å²) in [5.41, 5.74) is 8.40. The van der Waals surface area contributed by atoms with Gasteiger partial charge in [0.25, 0.3) is 0 Å². The van der Waals surface area contributed by atoms with Crippen LogP contribution in [0.5, 0.6) is 0 Å². The summed E-state index contributed by atoms with van der Waals surface area (Å²) in [4.78, 5) is 16.0. The maximum absolute atomic E-state index is 11.8. The summed E-state index contributed by atoms with van der Waals surface area (Å²) in [6.45, 7) is 2.06. The normalized spacial score (nSPS) is 10.2. The number of nitrogens with zero attached hydrogens (tertiary/aromatic N) is 1. The van der Waals surface area contributed by atoms with Crippen molar-refractivity contribution in [2.45, 2.75) is 13.3 Å². The number of methoxy groups -OCH3 is 1. The van der Waals surface area contributed by atoms with Gasteiger partial charge in [-0.3, -0.25) is 0 Å². The van der Waals surface area contributed by atoms with Crippen LogP contribution in [-0.4, -0.2) is 18.1 Å². The van der Waals surface area contributed by atoms with Crippen LogP contribution in [0, 0.1) is 0 Å². The summed E-state index contributed by atoms with van der Waals surface area (Å²) in [6.07, 6.45) is 2.35. The SMILES string of the molecule is CCc1cc(Br)ccc1Nc1ncc(N)cc1C(=O)OC. The minimum atomic E-state index is -0.479. The van der Waals surface area contributed by atoms with E-state index in [1.54, 1.807) is 6.07 Å². The molecule has 0 saturated heterocycles. The Bertz CT molecular complexity index is 674. The number of aryl methyl sites for hydroxylation is 1. The summed E-state index contributed by atoms with van der Waals surface area (Å²) in [5.74, 6) is -0.0551. The molecule has 0 fully saturated rings. The van der Waals surface area contributed by atoms with E-state index in [1.165, 1.54) is 13.3 Å². The van der Waals surface area contributed by atoms with Crippen molar-refractivity contribution >= 4 is 39.1 Å². The molecule has 0 aliphatic carbocycles. The fourth-order valence-corrected chi connectivity index (χ4v) is 2.36. The molecule has 0 bridgehead atoms. The lowest BCUT2D eigenvalue weighted by Gasteiger charge is -2.13. The molecule has 110 valence electrons. The van der Waals surface area contributed by atoms with Crippen molar-refractivity contribution in [1.82, 2.24) is 4.98 Å². The standard InChI is InChI=1S/C15H16BrN3O2/c1-3-9-6-10(16)4-5-13(9)19-14-12(15(20)21-2)7-11(17)8-18-14/h4-8H,3,17H2,1-2H3,(H,18,19). The molecule has 1 aromatic heterocycles. The number of aromatic nitrogens is 1. The van der Waals surface area contributed by atoms with Gasteiger partial charge in [-0.25, -0.2) is 9.78 Å². The lowest BCUT2D eigenvalue weighted by molar-refractivity contribution is 0.0601. The molecule has 0 radical (unpaired) electrons. The van der Waals surface area contributed by atoms with E-state index in [0.717, 1.165) is 22.1 Å². The van der Waals surface area contributed by atoms with Crippen LogP contribution < -0.4 is 11.1 Å². The van der Waals surface area contributed by atoms with Gasteiger partial charge in [0.1, 0.15) is 11.4 Å². The predicted molar refractivity (Wildman–Crippen MR) is 86.8 cm³/mol. The third-order valence-corrected chi connectivity index (χ3v) is 3.51. The summed E-state index contributed by atoms with van der Waals surface area (Å²) in [5, 5.41) is 3.17. The van der Waals surface area contributed by atoms with Crippen LogP contribution in [0.3, 0.4) is 0 Å². The molecule has 21 heavy (non-hydrogen) atoms. The Kier molecular flexibility index (Phi) is 4.80. The topological polar surface area (TPSA) is 77.2 Å². The molecular formula is C15H16BrN3O2. The lowest BCUT2D eigenvalue weighted by Crippen LogP contribution is -2.09. The van der Waals surface area contributed by atoms with Gasteiger partial charge in [0.2, 0.25) is 0 Å². The number of rotatable bonds is 4. The molecule has 1 aromatic carbocycles. The first-order valence-electron chi connectivity index (χ1n) is 6.44. The molecule has 2 aromatic rings. The van der Waals surface area contributed by atoms with Crippen molar-refractivity contribution in [3.63, 3.8) is 0 Å². The summed E-state index contributed by atoms with van der Waals surface area (Å²) < 4.78 is 5.77. The minimum absolute atomic E-state index is 0.308. The number of benzene rings is 1. The number of halogens is 1. The third kappa shape index (κ3) is 3.52. The Balaban J connectivity index is 2.42. The van der Waals surface area contributed by atoms with Crippen LogP contribution in [-0.2, 0) is 11.2 Å². The fraction of sp³-hybridized carbons (Fsp3) is 0.200. The van der Waals surface area contributed by atoms with Gasteiger partial charge < -0.3 is 15.8 Å². The maximum atomic E-state index is 11.8. The molecule has 2 rings (SSSR count). The number of pyridine rings is 1. The van der Waals surface area contributed by atoms with E-state index >= 15 is 0 Å². The minimum Gasteiger partial charge on any atom is -0.465 e. The van der Waals surface area contributed by atoms with E-state index in [4.69, 9.17) is 10.5 Å². The first-order chi connectivity index (χ1) is 10.0. The predicted octanol–water partition coefficient (Wildman–Crippen LogP) is 3.52. The molecule has 1 heterocycles. The van der Waals surface area contributed by atoms with Crippen LogP contribution in [0.25, 0.3) is 0 Å². The van der Waals surface area contributed by atoms with Gasteiger partial charge in [-0.05, 0) is 36.2 Å². The highest BCUT2D eigenvalue weighted by atomic mass is 79.9. The Morgan fingerprint density at radius 3 is 2.86 bits per heavy atom. The average molecular weight is 350 g/mol. The fourth-order valence-electron chi connectivity index (χ4n) is 1.95. The number of nitrogens with one attached hydrogen (secondary N) is 1. The zero-order chi connectivity index (χ0) is 15.4. The van der Waals surface area contributed by atoms with E-state index in [9.17, 15) is 4.79 Å². The van der Waals surface area contributed by atoms with Gasteiger partial charge in [-0.2, -0.15) is 0 Å². The Hall–Kier alpha value is -2.08. The molecule has 3 N–H and O–H groups in total. The molecule has 0 aliphatic rings. The summed E-state index contributed by atoms with van der Waals surface area (Å²) in [6, 6.07) is 7.43. The molecule has 0 aliphatic heterocycles. The maximum Gasteiger partial charge on any atom is 0.341 e. The number of esters is 1. The Morgan fingerprint density at radius 1 is 1.43 bits per heavy atom. The number of carbonyl (C=O) groups excluding carboxylic acids is 1. The van der Waals surface area contributed by atoms with E-state index in [1.807, 2.05) is 18.2 Å². The van der Waals surface area contributed by atoms with Crippen molar-refractivity contribution < 1.29 is 9.53 Å². The molecule has 0 amide bonds.